The Hall–Kier alpha value is -2.39. The number of hydrogen-bond donors (Lipinski definition) is 1. The van der Waals surface area contributed by atoms with Gasteiger partial charge in [0.15, 0.2) is 0 Å². The number of anilines is 1. The Morgan fingerprint density at radius 2 is 2.19 bits per heavy atom. The fraction of sp³-hybridized carbons (Fsp3) is 0.294. The SMILES string of the molecule is COc1ccccc1NC(=O)C(C)Sc1nnnn1CCc1cccs1. The van der Waals surface area contributed by atoms with Crippen molar-refractivity contribution in [2.45, 2.75) is 30.3 Å². The van der Waals surface area contributed by atoms with Gasteiger partial charge in [-0.25, -0.2) is 4.68 Å². The summed E-state index contributed by atoms with van der Waals surface area (Å²) in [5.41, 5.74) is 0.643. The minimum atomic E-state index is -0.355. The number of methoxy groups -OCH3 is 1. The monoisotopic (exact) mass is 389 g/mol. The molecule has 1 atom stereocenters. The van der Waals surface area contributed by atoms with Gasteiger partial charge in [-0.1, -0.05) is 30.0 Å². The number of hydrogen-bond acceptors (Lipinski definition) is 7. The lowest BCUT2D eigenvalue weighted by Crippen LogP contribution is -2.23. The van der Waals surface area contributed by atoms with Crippen molar-refractivity contribution in [1.29, 1.82) is 0 Å². The van der Waals surface area contributed by atoms with Gasteiger partial charge >= 0.3 is 0 Å². The van der Waals surface area contributed by atoms with Gasteiger partial charge in [0.05, 0.1) is 24.6 Å². The van der Waals surface area contributed by atoms with E-state index in [1.165, 1.54) is 16.6 Å². The van der Waals surface area contributed by atoms with Crippen LogP contribution < -0.4 is 10.1 Å². The van der Waals surface area contributed by atoms with Gasteiger partial charge in [-0.3, -0.25) is 4.79 Å². The molecule has 1 aromatic carbocycles. The number of aryl methyl sites for hydroxylation is 2. The molecular weight excluding hydrogens is 370 g/mol. The van der Waals surface area contributed by atoms with Crippen LogP contribution in [0.25, 0.3) is 0 Å². The zero-order chi connectivity index (χ0) is 18.4. The molecule has 0 aliphatic heterocycles. The summed E-state index contributed by atoms with van der Waals surface area (Å²) in [7, 11) is 1.57. The molecule has 0 bridgehead atoms. The van der Waals surface area contributed by atoms with E-state index < -0.39 is 0 Å². The zero-order valence-corrected chi connectivity index (χ0v) is 16.1. The molecule has 0 fully saturated rings. The van der Waals surface area contributed by atoms with E-state index in [-0.39, 0.29) is 11.2 Å². The molecule has 0 saturated carbocycles. The Morgan fingerprint density at radius 3 is 2.96 bits per heavy atom. The Labute approximate surface area is 159 Å². The predicted molar refractivity (Wildman–Crippen MR) is 103 cm³/mol. The summed E-state index contributed by atoms with van der Waals surface area (Å²) in [5.74, 6) is 0.492. The summed E-state index contributed by atoms with van der Waals surface area (Å²) in [5, 5.41) is 17.0. The lowest BCUT2D eigenvalue weighted by Gasteiger charge is -2.13. The van der Waals surface area contributed by atoms with Crippen molar-refractivity contribution >= 4 is 34.7 Å². The summed E-state index contributed by atoms with van der Waals surface area (Å²) in [6.07, 6.45) is 0.859. The van der Waals surface area contributed by atoms with Crippen LogP contribution in [0.3, 0.4) is 0 Å². The molecule has 2 heterocycles. The van der Waals surface area contributed by atoms with E-state index in [4.69, 9.17) is 4.74 Å². The number of amides is 1. The first-order chi connectivity index (χ1) is 12.7. The van der Waals surface area contributed by atoms with Crippen molar-refractivity contribution in [3.8, 4) is 5.75 Å². The van der Waals surface area contributed by atoms with Crippen LogP contribution in [-0.4, -0.2) is 38.5 Å². The van der Waals surface area contributed by atoms with Crippen LogP contribution in [0.5, 0.6) is 5.75 Å². The minimum absolute atomic E-state index is 0.132. The van der Waals surface area contributed by atoms with Crippen molar-refractivity contribution in [1.82, 2.24) is 20.2 Å². The average Bonchev–Trinajstić information content (AvgIpc) is 3.32. The molecule has 2 aromatic heterocycles. The Bertz CT molecular complexity index is 850. The second-order valence-electron chi connectivity index (χ2n) is 5.46. The van der Waals surface area contributed by atoms with Crippen LogP contribution >= 0.6 is 23.1 Å². The number of thioether (sulfide) groups is 1. The van der Waals surface area contributed by atoms with E-state index in [0.717, 1.165) is 6.42 Å². The third-order valence-corrected chi connectivity index (χ3v) is 5.67. The van der Waals surface area contributed by atoms with E-state index in [1.807, 2.05) is 25.1 Å². The Kier molecular flexibility index (Phi) is 6.24. The first-order valence-corrected chi connectivity index (χ1v) is 9.82. The number of rotatable bonds is 8. The predicted octanol–water partition coefficient (Wildman–Crippen LogP) is 3.11. The maximum absolute atomic E-state index is 12.5. The molecule has 0 aliphatic carbocycles. The fourth-order valence-corrected chi connectivity index (χ4v) is 3.80. The molecule has 3 rings (SSSR count). The van der Waals surface area contributed by atoms with Gasteiger partial charge in [0, 0.05) is 11.3 Å². The quantitative estimate of drug-likeness (QED) is 0.596. The van der Waals surface area contributed by atoms with E-state index in [2.05, 4.69) is 32.3 Å². The average molecular weight is 390 g/mol. The molecule has 0 saturated heterocycles. The highest BCUT2D eigenvalue weighted by atomic mass is 32.2. The highest BCUT2D eigenvalue weighted by Gasteiger charge is 2.19. The van der Waals surface area contributed by atoms with E-state index in [0.29, 0.717) is 23.1 Å². The largest absolute Gasteiger partial charge is 0.495 e. The molecule has 1 amide bonds. The van der Waals surface area contributed by atoms with Gasteiger partial charge in [-0.2, -0.15) is 0 Å². The van der Waals surface area contributed by atoms with E-state index in [1.54, 1.807) is 35.3 Å². The summed E-state index contributed by atoms with van der Waals surface area (Å²) in [6.45, 7) is 2.50. The highest BCUT2D eigenvalue weighted by molar-refractivity contribution is 8.00. The number of ether oxygens (including phenoxy) is 1. The maximum Gasteiger partial charge on any atom is 0.237 e. The topological polar surface area (TPSA) is 81.9 Å². The summed E-state index contributed by atoms with van der Waals surface area (Å²) in [4.78, 5) is 13.8. The molecule has 9 heteroatoms. The lowest BCUT2D eigenvalue weighted by atomic mass is 10.3. The molecular formula is C17H19N5O2S2. The molecule has 26 heavy (non-hydrogen) atoms. The van der Waals surface area contributed by atoms with Gasteiger partial charge < -0.3 is 10.1 Å². The van der Waals surface area contributed by atoms with Crippen LogP contribution in [-0.2, 0) is 17.8 Å². The molecule has 136 valence electrons. The van der Waals surface area contributed by atoms with Crippen LogP contribution in [0.2, 0.25) is 0 Å². The number of carbonyl (C=O) groups excluding carboxylic acids is 1. The van der Waals surface area contributed by atoms with Crippen LogP contribution in [0, 0.1) is 0 Å². The standard InChI is InChI=1S/C17H19N5O2S2/c1-12(16(23)18-14-7-3-4-8-15(14)24-2)26-17-19-20-21-22(17)10-9-13-6-5-11-25-13/h3-8,11-12H,9-10H2,1-2H3,(H,18,23). The third-order valence-electron chi connectivity index (χ3n) is 3.67. The number of tetrazole rings is 1. The van der Waals surface area contributed by atoms with Gasteiger partial charge in [-0.15, -0.1) is 16.4 Å². The highest BCUT2D eigenvalue weighted by Crippen LogP contribution is 2.26. The number of carbonyl (C=O) groups is 1. The van der Waals surface area contributed by atoms with Crippen molar-refractivity contribution in [3.63, 3.8) is 0 Å². The van der Waals surface area contributed by atoms with Crippen molar-refractivity contribution in [2.24, 2.45) is 0 Å². The second-order valence-corrected chi connectivity index (χ2v) is 7.80. The summed E-state index contributed by atoms with van der Waals surface area (Å²) < 4.78 is 6.99. The van der Waals surface area contributed by atoms with Crippen LogP contribution in [0.15, 0.2) is 46.9 Å². The van der Waals surface area contributed by atoms with Crippen LogP contribution in [0.1, 0.15) is 11.8 Å². The molecule has 1 N–H and O–H groups in total. The van der Waals surface area contributed by atoms with Gasteiger partial charge in [-0.05, 0) is 40.9 Å². The molecule has 3 aromatic rings. The number of thiophene rings is 1. The molecule has 0 radical (unpaired) electrons. The molecule has 7 nitrogen and oxygen atoms in total. The number of aromatic nitrogens is 4. The van der Waals surface area contributed by atoms with Gasteiger partial charge in [0.25, 0.3) is 0 Å². The number of nitrogens with zero attached hydrogens (tertiary/aromatic N) is 4. The normalized spacial score (nSPS) is 11.9. The Balaban J connectivity index is 1.60. The third kappa shape index (κ3) is 4.61. The number of nitrogens with one attached hydrogen (secondary N) is 1. The lowest BCUT2D eigenvalue weighted by molar-refractivity contribution is -0.115. The van der Waals surface area contributed by atoms with Crippen molar-refractivity contribution < 1.29 is 9.53 Å². The van der Waals surface area contributed by atoms with E-state index in [9.17, 15) is 4.79 Å². The molecule has 1 unspecified atom stereocenters. The number of benzene rings is 1. The first kappa shape index (κ1) is 18.4. The van der Waals surface area contributed by atoms with Crippen molar-refractivity contribution in [2.75, 3.05) is 12.4 Å². The minimum Gasteiger partial charge on any atom is -0.495 e. The first-order valence-electron chi connectivity index (χ1n) is 8.06. The smallest absolute Gasteiger partial charge is 0.237 e. The fourth-order valence-electron chi connectivity index (χ4n) is 2.29. The summed E-state index contributed by atoms with van der Waals surface area (Å²) in [6, 6.07) is 11.4. The maximum atomic E-state index is 12.5. The Morgan fingerprint density at radius 1 is 1.35 bits per heavy atom. The van der Waals surface area contributed by atoms with Crippen molar-refractivity contribution in [3.05, 3.63) is 46.7 Å². The molecule has 0 spiro atoms. The zero-order valence-electron chi connectivity index (χ0n) is 14.5. The van der Waals surface area contributed by atoms with Gasteiger partial charge in [0.2, 0.25) is 11.1 Å². The van der Waals surface area contributed by atoms with Gasteiger partial charge in [0.1, 0.15) is 5.75 Å². The van der Waals surface area contributed by atoms with Crippen LogP contribution in [0.4, 0.5) is 5.69 Å². The second kappa shape index (κ2) is 8.81. The number of para-hydroxylation sites is 2. The van der Waals surface area contributed by atoms with E-state index >= 15 is 0 Å². The molecule has 0 aliphatic rings. The summed E-state index contributed by atoms with van der Waals surface area (Å²) >= 11 is 3.04.